The maximum Gasteiger partial charge on any atom is 0.297 e. The van der Waals surface area contributed by atoms with Crippen molar-refractivity contribution >= 4 is 35.1 Å². The number of Topliss-reactive ketones (excluding diaryl/α,β-unsaturated/α-hetero) is 1. The first-order valence-corrected chi connectivity index (χ1v) is 11.1. The molecule has 5 rings (SSSR count). The van der Waals surface area contributed by atoms with Crippen LogP contribution in [0.4, 0.5) is 4.39 Å². The molecule has 0 bridgehead atoms. The van der Waals surface area contributed by atoms with Gasteiger partial charge in [0.25, 0.3) is 11.8 Å². The Morgan fingerprint density at radius 3 is 2.59 bits per heavy atom. The first kappa shape index (κ1) is 21.1. The van der Waals surface area contributed by atoms with E-state index in [1.807, 2.05) is 13.8 Å². The number of piperidine rings is 2. The second-order valence-electron chi connectivity index (χ2n) is 9.57. The molecule has 9 heteroatoms. The molecule has 3 fully saturated rings. The Morgan fingerprint density at radius 2 is 1.88 bits per heavy atom. The second kappa shape index (κ2) is 7.13. The van der Waals surface area contributed by atoms with E-state index < -0.39 is 35.5 Å². The van der Waals surface area contributed by atoms with Crippen molar-refractivity contribution < 1.29 is 23.6 Å². The van der Waals surface area contributed by atoms with Crippen LogP contribution < -0.4 is 0 Å². The van der Waals surface area contributed by atoms with Crippen molar-refractivity contribution in [3.05, 3.63) is 45.9 Å². The van der Waals surface area contributed by atoms with Crippen LogP contribution in [0.15, 0.2) is 29.5 Å². The van der Waals surface area contributed by atoms with Gasteiger partial charge in [-0.1, -0.05) is 31.5 Å². The number of halogens is 2. The minimum atomic E-state index is -1.27. The van der Waals surface area contributed by atoms with Crippen molar-refractivity contribution in [1.29, 1.82) is 0 Å². The van der Waals surface area contributed by atoms with Crippen LogP contribution in [0.25, 0.3) is 0 Å². The van der Waals surface area contributed by atoms with Gasteiger partial charge in [0.15, 0.2) is 0 Å². The summed E-state index contributed by atoms with van der Waals surface area (Å²) in [7, 11) is 0. The number of benzene rings is 1. The number of nitrogens with zero attached hydrogens (tertiary/aromatic N) is 3. The first-order valence-electron chi connectivity index (χ1n) is 10.8. The van der Waals surface area contributed by atoms with Crippen LogP contribution in [0.5, 0.6) is 0 Å². The predicted molar refractivity (Wildman–Crippen MR) is 112 cm³/mol. The van der Waals surface area contributed by atoms with Crippen molar-refractivity contribution in [3.8, 4) is 0 Å². The molecule has 0 saturated carbocycles. The highest BCUT2D eigenvalue weighted by molar-refractivity contribution is 6.43. The zero-order valence-corrected chi connectivity index (χ0v) is 18.6. The topological polar surface area (TPSA) is 78.0 Å². The molecule has 2 atom stereocenters. The van der Waals surface area contributed by atoms with Crippen LogP contribution in [-0.4, -0.2) is 57.5 Å². The normalized spacial score (nSPS) is 27.1. The maximum absolute atomic E-state index is 13.5. The highest BCUT2D eigenvalue weighted by Crippen LogP contribution is 2.47. The van der Waals surface area contributed by atoms with Gasteiger partial charge >= 0.3 is 0 Å². The van der Waals surface area contributed by atoms with Crippen molar-refractivity contribution in [2.75, 3.05) is 13.1 Å². The molecule has 4 heterocycles. The average molecular weight is 460 g/mol. The lowest BCUT2D eigenvalue weighted by Gasteiger charge is -2.46. The number of carbonyl (C=O) groups is 4. The first-order chi connectivity index (χ1) is 15.1. The number of amides is 3. The van der Waals surface area contributed by atoms with Gasteiger partial charge in [-0.25, -0.2) is 4.39 Å². The van der Waals surface area contributed by atoms with Crippen molar-refractivity contribution in [2.24, 2.45) is 11.3 Å². The summed E-state index contributed by atoms with van der Waals surface area (Å²) in [6.45, 7) is 4.95. The van der Waals surface area contributed by atoms with E-state index in [2.05, 4.69) is 0 Å². The highest BCUT2D eigenvalue weighted by Gasteiger charge is 2.60. The average Bonchev–Trinajstić information content (AvgIpc) is 3.04. The molecule has 7 nitrogen and oxygen atoms in total. The number of hydrogen-bond donors (Lipinski definition) is 0. The minimum absolute atomic E-state index is 0.0508. The van der Waals surface area contributed by atoms with Crippen molar-refractivity contribution in [2.45, 2.75) is 45.8 Å². The van der Waals surface area contributed by atoms with Gasteiger partial charge in [0.05, 0.1) is 5.02 Å². The van der Waals surface area contributed by atoms with Gasteiger partial charge in [0, 0.05) is 25.0 Å². The molecular weight excluding hydrogens is 437 g/mol. The molecule has 4 aliphatic rings. The number of fused-ring (bicyclic) bond motifs is 4. The van der Waals surface area contributed by atoms with Crippen LogP contribution in [0, 0.1) is 17.2 Å². The van der Waals surface area contributed by atoms with Crippen LogP contribution in [0.1, 0.15) is 38.7 Å². The summed E-state index contributed by atoms with van der Waals surface area (Å²) in [5.74, 6) is -4.17. The number of likely N-dealkylation sites (tertiary alicyclic amines) is 1. The van der Waals surface area contributed by atoms with Gasteiger partial charge in [-0.2, -0.15) is 0 Å². The Morgan fingerprint density at radius 1 is 1.12 bits per heavy atom. The van der Waals surface area contributed by atoms with E-state index in [0.29, 0.717) is 30.6 Å². The summed E-state index contributed by atoms with van der Waals surface area (Å²) in [5, 5.41) is -0.0508. The molecule has 3 saturated heterocycles. The van der Waals surface area contributed by atoms with Gasteiger partial charge in [0.1, 0.15) is 23.6 Å². The summed E-state index contributed by atoms with van der Waals surface area (Å²) in [4.78, 5) is 57.4. The zero-order chi connectivity index (χ0) is 22.9. The molecule has 3 amide bonds. The summed E-state index contributed by atoms with van der Waals surface area (Å²) in [6, 6.07) is 4.19. The van der Waals surface area contributed by atoms with Gasteiger partial charge < -0.3 is 9.80 Å². The summed E-state index contributed by atoms with van der Waals surface area (Å²) < 4.78 is 13.5. The van der Waals surface area contributed by atoms with Crippen LogP contribution in [0.3, 0.4) is 0 Å². The van der Waals surface area contributed by atoms with Gasteiger partial charge in [-0.15, -0.1) is 0 Å². The van der Waals surface area contributed by atoms with E-state index in [1.54, 1.807) is 4.90 Å². The standard InChI is InChI=1S/C23H23ClFN3O4/c1-23(2)7-3-8-27-20(31)17-13-6-9-26(11-12-4-5-15(25)14(24)10-12)19(30)16(13)18(29)21(32)28(17)22(23)27/h4-5,10,16,22H,3,6-9,11H2,1-2H3. The zero-order valence-electron chi connectivity index (χ0n) is 17.9. The van der Waals surface area contributed by atoms with E-state index in [1.165, 1.54) is 28.0 Å². The Bertz CT molecular complexity index is 1110. The molecule has 0 radical (unpaired) electrons. The van der Waals surface area contributed by atoms with Gasteiger partial charge in [-0.05, 0) is 42.5 Å². The molecule has 1 aromatic carbocycles. The SMILES string of the molecule is CC1(C)CCCN2C(=O)C3=C4CCN(Cc5ccc(F)c(Cl)c5)C(=O)C4C(=O)C(=O)N3C21. The molecule has 0 N–H and O–H groups in total. The summed E-state index contributed by atoms with van der Waals surface area (Å²) in [5.41, 5.74) is 0.930. The molecule has 2 unspecified atom stereocenters. The van der Waals surface area contributed by atoms with Gasteiger partial charge in [-0.3, -0.25) is 24.1 Å². The van der Waals surface area contributed by atoms with E-state index in [4.69, 9.17) is 11.6 Å². The quantitative estimate of drug-likeness (QED) is 0.503. The fourth-order valence-electron chi connectivity index (χ4n) is 5.57. The predicted octanol–water partition coefficient (Wildman–Crippen LogP) is 2.48. The smallest absolute Gasteiger partial charge is 0.297 e. The third-order valence-electron chi connectivity index (χ3n) is 7.07. The Labute approximate surface area is 189 Å². The van der Waals surface area contributed by atoms with Crippen LogP contribution in [-0.2, 0) is 25.7 Å². The Hall–Kier alpha value is -2.74. The highest BCUT2D eigenvalue weighted by atomic mass is 35.5. The minimum Gasteiger partial charge on any atom is -0.337 e. The Balaban J connectivity index is 1.51. The number of ketones is 1. The monoisotopic (exact) mass is 459 g/mol. The molecule has 1 aromatic rings. The third-order valence-corrected chi connectivity index (χ3v) is 7.36. The molecule has 0 aliphatic carbocycles. The van der Waals surface area contributed by atoms with E-state index >= 15 is 0 Å². The van der Waals surface area contributed by atoms with Crippen LogP contribution in [0.2, 0.25) is 5.02 Å². The third kappa shape index (κ3) is 2.92. The van der Waals surface area contributed by atoms with E-state index in [0.717, 1.165) is 12.8 Å². The summed E-state index contributed by atoms with van der Waals surface area (Å²) in [6.07, 6.45) is 1.48. The van der Waals surface area contributed by atoms with Gasteiger partial charge in [0.2, 0.25) is 11.7 Å². The van der Waals surface area contributed by atoms with E-state index in [9.17, 15) is 23.6 Å². The number of hydrogen-bond acceptors (Lipinski definition) is 4. The lowest BCUT2D eigenvalue weighted by atomic mass is 9.79. The summed E-state index contributed by atoms with van der Waals surface area (Å²) >= 11 is 5.85. The molecule has 32 heavy (non-hydrogen) atoms. The van der Waals surface area contributed by atoms with Crippen molar-refractivity contribution in [3.63, 3.8) is 0 Å². The molecule has 0 spiro atoms. The lowest BCUT2D eigenvalue weighted by Crippen LogP contribution is -2.59. The maximum atomic E-state index is 13.5. The largest absolute Gasteiger partial charge is 0.337 e. The second-order valence-corrected chi connectivity index (χ2v) is 9.98. The van der Waals surface area contributed by atoms with Crippen LogP contribution >= 0.6 is 11.6 Å². The molecule has 0 aromatic heterocycles. The number of rotatable bonds is 2. The fourth-order valence-corrected chi connectivity index (χ4v) is 5.77. The number of carbonyl (C=O) groups excluding carboxylic acids is 4. The van der Waals surface area contributed by atoms with E-state index in [-0.39, 0.29) is 28.6 Å². The molecular formula is C23H23ClFN3O4. The molecule has 4 aliphatic heterocycles. The lowest BCUT2D eigenvalue weighted by molar-refractivity contribution is -0.156. The Kier molecular flexibility index (Phi) is 4.71. The molecule has 168 valence electrons. The van der Waals surface area contributed by atoms with Crippen molar-refractivity contribution in [1.82, 2.24) is 14.7 Å². The fraction of sp³-hybridized carbons (Fsp3) is 0.478.